The third-order valence-corrected chi connectivity index (χ3v) is 5.17. The topological polar surface area (TPSA) is 71.3 Å². The smallest absolute Gasteiger partial charge is 0.247 e. The second-order valence-corrected chi connectivity index (χ2v) is 7.27. The number of halogens is 1. The number of nitrogens with one attached hydrogen (secondary N) is 1. The van der Waals surface area contributed by atoms with Crippen LogP contribution in [0.2, 0.25) is 0 Å². The summed E-state index contributed by atoms with van der Waals surface area (Å²) in [6, 6.07) is 15.9. The molecule has 1 aromatic heterocycles. The summed E-state index contributed by atoms with van der Waals surface area (Å²) in [4.78, 5) is 14.3. The SMILES string of the molecule is O=C(CN1CCC(c2nnc(-c3ccc(F)cc3)o2)CC1)NCc1ccccc1. The van der Waals surface area contributed by atoms with Gasteiger partial charge in [0, 0.05) is 18.0 Å². The molecule has 2 heterocycles. The first-order valence-corrected chi connectivity index (χ1v) is 9.80. The number of rotatable bonds is 6. The molecule has 1 saturated heterocycles. The molecule has 0 spiro atoms. The predicted octanol–water partition coefficient (Wildman–Crippen LogP) is 3.37. The molecule has 29 heavy (non-hydrogen) atoms. The van der Waals surface area contributed by atoms with Crippen LogP contribution in [0.1, 0.15) is 30.2 Å². The fourth-order valence-electron chi connectivity index (χ4n) is 3.50. The molecule has 2 aromatic carbocycles. The lowest BCUT2D eigenvalue weighted by Gasteiger charge is -2.29. The minimum Gasteiger partial charge on any atom is -0.420 e. The molecule has 0 atom stereocenters. The summed E-state index contributed by atoms with van der Waals surface area (Å²) in [5.41, 5.74) is 1.80. The summed E-state index contributed by atoms with van der Waals surface area (Å²) in [6.07, 6.45) is 1.72. The third kappa shape index (κ3) is 5.06. The highest BCUT2D eigenvalue weighted by molar-refractivity contribution is 5.78. The number of likely N-dealkylation sites (tertiary alicyclic amines) is 1. The van der Waals surface area contributed by atoms with E-state index in [2.05, 4.69) is 20.4 Å². The Balaban J connectivity index is 1.25. The highest BCUT2D eigenvalue weighted by Gasteiger charge is 2.26. The molecule has 0 bridgehead atoms. The number of amides is 1. The number of nitrogens with zero attached hydrogens (tertiary/aromatic N) is 3. The molecule has 0 aliphatic carbocycles. The van der Waals surface area contributed by atoms with Gasteiger partial charge in [-0.25, -0.2) is 4.39 Å². The van der Waals surface area contributed by atoms with Gasteiger partial charge in [-0.3, -0.25) is 9.69 Å². The lowest BCUT2D eigenvalue weighted by molar-refractivity contribution is -0.122. The summed E-state index contributed by atoms with van der Waals surface area (Å²) in [5.74, 6) is 0.929. The van der Waals surface area contributed by atoms with Crippen LogP contribution in [0.15, 0.2) is 59.0 Å². The Hall–Kier alpha value is -3.06. The Morgan fingerprint density at radius 3 is 2.52 bits per heavy atom. The Morgan fingerprint density at radius 1 is 1.07 bits per heavy atom. The van der Waals surface area contributed by atoms with Gasteiger partial charge in [0.25, 0.3) is 0 Å². The van der Waals surface area contributed by atoms with Crippen LogP contribution in [0, 0.1) is 5.82 Å². The van der Waals surface area contributed by atoms with E-state index in [1.165, 1.54) is 12.1 Å². The van der Waals surface area contributed by atoms with Gasteiger partial charge in [0.1, 0.15) is 5.82 Å². The van der Waals surface area contributed by atoms with Crippen molar-refractivity contribution in [2.45, 2.75) is 25.3 Å². The number of hydrogen-bond acceptors (Lipinski definition) is 5. The normalized spacial score (nSPS) is 15.3. The Morgan fingerprint density at radius 2 is 1.79 bits per heavy atom. The first-order chi connectivity index (χ1) is 14.2. The van der Waals surface area contributed by atoms with Crippen LogP contribution in [-0.4, -0.2) is 40.6 Å². The van der Waals surface area contributed by atoms with Crippen molar-refractivity contribution in [2.75, 3.05) is 19.6 Å². The standard InChI is InChI=1S/C22H23FN4O2/c23-19-8-6-17(7-9-19)21-25-26-22(29-21)18-10-12-27(13-11-18)15-20(28)24-14-16-4-2-1-3-5-16/h1-9,18H,10-15H2,(H,24,28). The van der Waals surface area contributed by atoms with Gasteiger partial charge < -0.3 is 9.73 Å². The molecule has 0 unspecified atom stereocenters. The summed E-state index contributed by atoms with van der Waals surface area (Å²) in [7, 11) is 0. The largest absolute Gasteiger partial charge is 0.420 e. The zero-order chi connectivity index (χ0) is 20.1. The number of hydrogen-bond donors (Lipinski definition) is 1. The second-order valence-electron chi connectivity index (χ2n) is 7.27. The lowest BCUT2D eigenvalue weighted by atomic mass is 9.97. The van der Waals surface area contributed by atoms with Crippen molar-refractivity contribution < 1.29 is 13.6 Å². The van der Waals surface area contributed by atoms with E-state index in [4.69, 9.17) is 4.42 Å². The fourth-order valence-corrected chi connectivity index (χ4v) is 3.50. The average molecular weight is 394 g/mol. The van der Waals surface area contributed by atoms with Gasteiger partial charge in [-0.05, 0) is 55.8 Å². The second kappa shape index (κ2) is 8.96. The molecular formula is C22H23FN4O2. The lowest BCUT2D eigenvalue weighted by Crippen LogP contribution is -2.41. The van der Waals surface area contributed by atoms with Crippen molar-refractivity contribution in [3.05, 3.63) is 71.9 Å². The zero-order valence-corrected chi connectivity index (χ0v) is 16.1. The fraction of sp³-hybridized carbons (Fsp3) is 0.318. The van der Waals surface area contributed by atoms with E-state index in [1.807, 2.05) is 30.3 Å². The third-order valence-electron chi connectivity index (χ3n) is 5.17. The van der Waals surface area contributed by atoms with Gasteiger partial charge in [-0.1, -0.05) is 30.3 Å². The van der Waals surface area contributed by atoms with E-state index in [0.717, 1.165) is 31.5 Å². The van der Waals surface area contributed by atoms with Crippen molar-refractivity contribution in [2.24, 2.45) is 0 Å². The van der Waals surface area contributed by atoms with Crippen molar-refractivity contribution in [3.8, 4) is 11.5 Å². The highest BCUT2D eigenvalue weighted by atomic mass is 19.1. The Bertz CT molecular complexity index is 935. The molecule has 1 fully saturated rings. The van der Waals surface area contributed by atoms with E-state index in [1.54, 1.807) is 12.1 Å². The quantitative estimate of drug-likeness (QED) is 0.694. The van der Waals surface area contributed by atoms with E-state index in [-0.39, 0.29) is 17.6 Å². The number of carbonyl (C=O) groups is 1. The van der Waals surface area contributed by atoms with E-state index in [0.29, 0.717) is 30.4 Å². The van der Waals surface area contributed by atoms with Crippen LogP contribution < -0.4 is 5.32 Å². The molecule has 150 valence electrons. The van der Waals surface area contributed by atoms with Crippen molar-refractivity contribution in [3.63, 3.8) is 0 Å². The maximum atomic E-state index is 13.1. The summed E-state index contributed by atoms with van der Waals surface area (Å²) in [5, 5.41) is 11.2. The Kier molecular flexibility index (Phi) is 5.95. The monoisotopic (exact) mass is 394 g/mol. The van der Waals surface area contributed by atoms with Crippen molar-refractivity contribution in [1.29, 1.82) is 0 Å². The molecule has 7 heteroatoms. The molecule has 0 radical (unpaired) electrons. The number of aromatic nitrogens is 2. The molecule has 3 aromatic rings. The maximum absolute atomic E-state index is 13.1. The minimum absolute atomic E-state index is 0.0312. The van der Waals surface area contributed by atoms with Crippen LogP contribution >= 0.6 is 0 Å². The summed E-state index contributed by atoms with van der Waals surface area (Å²) < 4.78 is 18.9. The minimum atomic E-state index is -0.298. The van der Waals surface area contributed by atoms with E-state index < -0.39 is 0 Å². The van der Waals surface area contributed by atoms with Crippen LogP contribution in [-0.2, 0) is 11.3 Å². The van der Waals surface area contributed by atoms with Gasteiger partial charge in [-0.2, -0.15) is 0 Å². The number of benzene rings is 2. The molecule has 1 N–H and O–H groups in total. The number of piperidine rings is 1. The van der Waals surface area contributed by atoms with Gasteiger partial charge in [0.15, 0.2) is 0 Å². The van der Waals surface area contributed by atoms with E-state index in [9.17, 15) is 9.18 Å². The first kappa shape index (κ1) is 19.3. The molecule has 4 rings (SSSR count). The van der Waals surface area contributed by atoms with Gasteiger partial charge in [-0.15, -0.1) is 10.2 Å². The molecule has 1 aliphatic heterocycles. The highest BCUT2D eigenvalue weighted by Crippen LogP contribution is 2.29. The van der Waals surface area contributed by atoms with Crippen LogP contribution in [0.25, 0.3) is 11.5 Å². The Labute approximate surface area is 168 Å². The molecule has 1 aliphatic rings. The van der Waals surface area contributed by atoms with Crippen molar-refractivity contribution in [1.82, 2.24) is 20.4 Å². The van der Waals surface area contributed by atoms with Crippen LogP contribution in [0.5, 0.6) is 0 Å². The zero-order valence-electron chi connectivity index (χ0n) is 16.1. The van der Waals surface area contributed by atoms with Crippen LogP contribution in [0.3, 0.4) is 0 Å². The van der Waals surface area contributed by atoms with Gasteiger partial charge >= 0.3 is 0 Å². The van der Waals surface area contributed by atoms with Crippen LogP contribution in [0.4, 0.5) is 4.39 Å². The number of carbonyl (C=O) groups excluding carboxylic acids is 1. The summed E-state index contributed by atoms with van der Waals surface area (Å²) >= 11 is 0. The first-order valence-electron chi connectivity index (χ1n) is 9.80. The van der Waals surface area contributed by atoms with E-state index >= 15 is 0 Å². The molecule has 6 nitrogen and oxygen atoms in total. The predicted molar refractivity (Wildman–Crippen MR) is 106 cm³/mol. The summed E-state index contributed by atoms with van der Waals surface area (Å²) in [6.45, 7) is 2.55. The molecule has 0 saturated carbocycles. The molecular weight excluding hydrogens is 371 g/mol. The van der Waals surface area contributed by atoms with Gasteiger partial charge in [0.05, 0.1) is 6.54 Å². The van der Waals surface area contributed by atoms with Gasteiger partial charge in [0.2, 0.25) is 17.7 Å². The maximum Gasteiger partial charge on any atom is 0.247 e. The van der Waals surface area contributed by atoms with Crippen molar-refractivity contribution >= 4 is 5.91 Å². The molecule has 1 amide bonds. The average Bonchev–Trinajstić information content (AvgIpc) is 3.24.